The zero-order chi connectivity index (χ0) is 32.9. The van der Waals surface area contributed by atoms with Crippen LogP contribution in [0.5, 0.6) is 0 Å². The molecule has 3 unspecified atom stereocenters. The summed E-state index contributed by atoms with van der Waals surface area (Å²) in [7, 11) is -4.68. The summed E-state index contributed by atoms with van der Waals surface area (Å²) in [5.74, 6) is 0.0371. The van der Waals surface area contributed by atoms with Crippen LogP contribution in [0.15, 0.2) is 64.4 Å². The topological polar surface area (TPSA) is 300 Å². The van der Waals surface area contributed by atoms with Gasteiger partial charge in [0, 0.05) is 12.4 Å². The predicted molar refractivity (Wildman–Crippen MR) is 170 cm³/mol. The summed E-state index contributed by atoms with van der Waals surface area (Å²) in [5.41, 5.74) is 9.87. The number of aliphatic hydroxyl groups excluding tert-OH is 5. The van der Waals surface area contributed by atoms with Crippen molar-refractivity contribution < 1.29 is 53.5 Å². The van der Waals surface area contributed by atoms with Crippen molar-refractivity contribution in [1.82, 2.24) is 19.1 Å². The van der Waals surface area contributed by atoms with E-state index in [4.69, 9.17) is 35.1 Å². The monoisotopic (exact) mass is 703 g/mol. The minimum Gasteiger partial charge on any atom is -0.756 e. The van der Waals surface area contributed by atoms with Gasteiger partial charge >= 0.3 is 11.4 Å². The molecule has 20 heteroatoms. The number of nitrogen functional groups attached to an aromatic ring is 2. The number of anilines is 2. The molecule has 2 aliphatic heterocycles. The van der Waals surface area contributed by atoms with Crippen LogP contribution in [0.3, 0.4) is 0 Å². The van der Waals surface area contributed by atoms with E-state index in [9.17, 15) is 39.5 Å². The fourth-order valence-corrected chi connectivity index (χ4v) is 5.09. The molecule has 0 radical (unpaired) electrons. The number of phosphoric acid groups is 1. The van der Waals surface area contributed by atoms with Crippen molar-refractivity contribution in [3.63, 3.8) is 0 Å². The van der Waals surface area contributed by atoms with Gasteiger partial charge in [0.05, 0.1) is 19.8 Å². The molecule has 0 bridgehead atoms. The third-order valence-electron chi connectivity index (χ3n) is 6.73. The predicted octanol–water partition coefficient (Wildman–Crippen LogP) is -1.51. The Labute approximate surface area is 276 Å². The van der Waals surface area contributed by atoms with Crippen LogP contribution in [-0.2, 0) is 29.7 Å². The summed E-state index contributed by atoms with van der Waals surface area (Å²) in [6.45, 7) is -1.28. The van der Waals surface area contributed by atoms with Gasteiger partial charge in [-0.3, -0.25) is 13.7 Å². The molecule has 2 saturated heterocycles. The van der Waals surface area contributed by atoms with E-state index in [1.807, 2.05) is 0 Å². The molecule has 2 aliphatic rings. The van der Waals surface area contributed by atoms with Crippen LogP contribution in [0, 0.1) is 0 Å². The highest BCUT2D eigenvalue weighted by Crippen LogP contribution is 2.41. The minimum atomic E-state index is -4.68. The van der Waals surface area contributed by atoms with Crippen molar-refractivity contribution in [2.75, 3.05) is 24.7 Å². The van der Waals surface area contributed by atoms with Gasteiger partial charge in [-0.25, -0.2) is 9.59 Å². The van der Waals surface area contributed by atoms with Gasteiger partial charge in [0.1, 0.15) is 48.3 Å². The number of phosphoric ester groups is 1. The first-order valence-electron chi connectivity index (χ1n) is 13.3. The van der Waals surface area contributed by atoms with Gasteiger partial charge in [-0.1, -0.05) is 52.6 Å². The number of benzene rings is 1. The largest absolute Gasteiger partial charge is 0.756 e. The van der Waals surface area contributed by atoms with Crippen molar-refractivity contribution in [1.29, 1.82) is 0 Å². The SMILES string of the molecule is C.C.C.Nc1ccn(C2O[C@H](CO)[C@@H](O)[C@@H]2O)c(=O)n1.Nc1ccn(C2O[C@H](COP(=O)([O-])OCc3ccccc3)[C@@H](O)[C@@H]2O)c(=O)n1. The number of aliphatic hydroxyl groups is 5. The number of hydrogen-bond acceptors (Lipinski definition) is 17. The molecule has 48 heavy (non-hydrogen) atoms. The summed E-state index contributed by atoms with van der Waals surface area (Å²) >= 11 is 0. The highest BCUT2D eigenvalue weighted by molar-refractivity contribution is 7.45. The number of nitrogens with two attached hydrogens (primary N) is 2. The van der Waals surface area contributed by atoms with E-state index >= 15 is 0 Å². The van der Waals surface area contributed by atoms with Crippen LogP contribution in [0.25, 0.3) is 0 Å². The van der Waals surface area contributed by atoms with Gasteiger partial charge in [0.25, 0.3) is 7.82 Å². The van der Waals surface area contributed by atoms with E-state index in [1.54, 1.807) is 30.3 Å². The molecule has 0 amide bonds. The van der Waals surface area contributed by atoms with Gasteiger partial charge < -0.3 is 60.4 Å². The van der Waals surface area contributed by atoms with Crippen LogP contribution >= 0.6 is 7.82 Å². The quantitative estimate of drug-likeness (QED) is 0.125. The van der Waals surface area contributed by atoms with Crippen LogP contribution < -0.4 is 27.7 Å². The van der Waals surface area contributed by atoms with E-state index in [-0.39, 0.29) is 40.5 Å². The Hall–Kier alpha value is -3.59. The first kappa shape index (κ1) is 42.4. The second-order valence-corrected chi connectivity index (χ2v) is 11.3. The fraction of sp³-hybridized carbons (Fsp3) is 0.500. The third-order valence-corrected chi connectivity index (χ3v) is 7.65. The molecule has 270 valence electrons. The van der Waals surface area contributed by atoms with Crippen LogP contribution in [0.4, 0.5) is 11.6 Å². The highest BCUT2D eigenvalue weighted by Gasteiger charge is 2.45. The van der Waals surface area contributed by atoms with Crippen molar-refractivity contribution in [3.05, 3.63) is 81.4 Å². The zero-order valence-electron chi connectivity index (χ0n) is 23.3. The lowest BCUT2D eigenvalue weighted by Gasteiger charge is -2.25. The maximum absolute atomic E-state index is 11.9. The van der Waals surface area contributed by atoms with Gasteiger partial charge in [0.15, 0.2) is 12.5 Å². The highest BCUT2D eigenvalue weighted by atomic mass is 31.2. The normalized spacial score (nSPS) is 27.3. The average Bonchev–Trinajstić information content (AvgIpc) is 3.45. The summed E-state index contributed by atoms with van der Waals surface area (Å²) in [6, 6.07) is 11.3. The Morgan fingerprint density at radius 3 is 1.67 bits per heavy atom. The zero-order valence-corrected chi connectivity index (χ0v) is 24.2. The molecule has 19 nitrogen and oxygen atoms in total. The molecule has 5 rings (SSSR count). The van der Waals surface area contributed by atoms with Gasteiger partial charge in [-0.2, -0.15) is 9.97 Å². The second-order valence-electron chi connectivity index (χ2n) is 9.86. The van der Waals surface area contributed by atoms with Gasteiger partial charge in [-0.15, -0.1) is 0 Å². The Morgan fingerprint density at radius 1 is 0.771 bits per heavy atom. The Bertz CT molecular complexity index is 1600. The van der Waals surface area contributed by atoms with E-state index in [2.05, 4.69) is 9.97 Å². The first-order valence-corrected chi connectivity index (χ1v) is 14.7. The standard InChI is InChI=1S/C16H20N3O8P.C9H13N3O5.3CH4/c17-12-6-7-19(16(22)18-12)15-14(21)13(20)11(27-15)9-26-28(23,24)25-8-10-4-2-1-3-5-10;10-5-1-2-12(9(16)11-5)8-7(15)6(14)4(3-13)17-8;;;/h1-7,11,13-15,20-21H,8-9H2,(H,23,24)(H2,17,18,22);1-2,4,6-8,13-15H,3H2,(H2,10,11,16);3*1H4/p-1/t11-,13-,14+,15?;4-,6-,7+,8?;;;/m11.../s1. The maximum atomic E-state index is 11.9. The summed E-state index contributed by atoms with van der Waals surface area (Å²) in [6.07, 6.45) is -7.52. The van der Waals surface area contributed by atoms with Gasteiger partial charge in [-0.05, 0) is 17.7 Å². The number of ether oxygens (including phenoxy) is 2. The molecule has 9 N–H and O–H groups in total. The van der Waals surface area contributed by atoms with Crippen LogP contribution in [0.2, 0.25) is 0 Å². The van der Waals surface area contributed by atoms with Crippen molar-refractivity contribution in [3.8, 4) is 0 Å². The number of rotatable bonds is 9. The van der Waals surface area contributed by atoms with Crippen LogP contribution in [0.1, 0.15) is 40.3 Å². The van der Waals surface area contributed by atoms with E-state index in [1.165, 1.54) is 24.5 Å². The average molecular weight is 704 g/mol. The molecule has 9 atom stereocenters. The molecule has 2 fully saturated rings. The van der Waals surface area contributed by atoms with Crippen molar-refractivity contribution >= 4 is 19.5 Å². The molecule has 0 saturated carbocycles. The van der Waals surface area contributed by atoms with Gasteiger partial charge in [0.2, 0.25) is 0 Å². The number of nitrogens with zero attached hydrogens (tertiary/aromatic N) is 4. The molecule has 1 aromatic carbocycles. The number of hydrogen-bond donors (Lipinski definition) is 7. The van der Waals surface area contributed by atoms with Crippen LogP contribution in [-0.4, -0.2) is 94.5 Å². The molecule has 3 aromatic rings. The Kier molecular flexibility index (Phi) is 16.1. The first-order chi connectivity index (χ1) is 21.3. The summed E-state index contributed by atoms with van der Waals surface area (Å²) < 4.78 is 33.9. The molecule has 0 aliphatic carbocycles. The second kappa shape index (κ2) is 18.2. The fourth-order valence-electron chi connectivity index (χ4n) is 4.38. The van der Waals surface area contributed by atoms with E-state index in [0.29, 0.717) is 5.56 Å². The number of aromatic nitrogens is 4. The van der Waals surface area contributed by atoms with Crippen molar-refractivity contribution in [2.45, 2.75) is 78.0 Å². The molecular formula is C28H44N6O13P-. The lowest BCUT2D eigenvalue weighted by atomic mass is 10.1. The minimum absolute atomic E-state index is 0. The van der Waals surface area contributed by atoms with Crippen molar-refractivity contribution in [2.24, 2.45) is 0 Å². The van der Waals surface area contributed by atoms with E-state index < -0.39 is 81.5 Å². The lowest BCUT2D eigenvalue weighted by molar-refractivity contribution is -0.229. The molecule has 0 spiro atoms. The van der Waals surface area contributed by atoms with E-state index in [0.717, 1.165) is 9.13 Å². The Morgan fingerprint density at radius 2 is 1.23 bits per heavy atom. The molecular weight excluding hydrogens is 659 g/mol. The smallest absolute Gasteiger partial charge is 0.351 e. The summed E-state index contributed by atoms with van der Waals surface area (Å²) in [5, 5.41) is 48.4. The summed E-state index contributed by atoms with van der Waals surface area (Å²) in [4.78, 5) is 42.3. The molecule has 4 heterocycles. The third kappa shape index (κ3) is 10.2. The molecule has 2 aromatic heterocycles. The Balaban J connectivity index is 0.000000499. The lowest BCUT2D eigenvalue weighted by Crippen LogP contribution is -2.36. The maximum Gasteiger partial charge on any atom is 0.351 e.